The molecule has 4 fully saturated rings. The van der Waals surface area contributed by atoms with Crippen LogP contribution in [-0.2, 0) is 23.8 Å². The van der Waals surface area contributed by atoms with E-state index >= 15 is 0 Å². The van der Waals surface area contributed by atoms with Gasteiger partial charge in [-0.15, -0.1) is 0 Å². The number of ether oxygens (including phenoxy) is 4. The Morgan fingerprint density at radius 2 is 1.77 bits per heavy atom. The summed E-state index contributed by atoms with van der Waals surface area (Å²) in [6.45, 7) is 8.52. The van der Waals surface area contributed by atoms with Gasteiger partial charge in [-0.05, 0) is 6.42 Å². The molecule has 6 nitrogen and oxygen atoms in total. The van der Waals surface area contributed by atoms with Gasteiger partial charge in [-0.1, -0.05) is 13.8 Å². The number of nitrogens with zero attached hydrogens (tertiary/aromatic N) is 1. The number of hydroxylamine groups is 2. The first-order valence-electron chi connectivity index (χ1n) is 8.44. The molecule has 0 aromatic carbocycles. The molecule has 126 valence electrons. The minimum absolute atomic E-state index is 0.112. The van der Waals surface area contributed by atoms with Crippen molar-refractivity contribution in [2.75, 3.05) is 46.6 Å². The molecule has 0 aliphatic carbocycles. The van der Waals surface area contributed by atoms with E-state index < -0.39 is 0 Å². The second-order valence-corrected chi connectivity index (χ2v) is 7.28. The second kappa shape index (κ2) is 5.40. The largest absolute Gasteiger partial charge is 0.372 e. The molecular weight excluding hydrogens is 286 g/mol. The molecule has 6 atom stereocenters. The van der Waals surface area contributed by atoms with E-state index in [1.165, 1.54) is 0 Å². The molecular formula is C16H27NO5. The highest BCUT2D eigenvalue weighted by molar-refractivity contribution is 5.03. The first-order valence-corrected chi connectivity index (χ1v) is 8.44. The Morgan fingerprint density at radius 3 is 2.32 bits per heavy atom. The minimum atomic E-state index is -0.261. The fourth-order valence-corrected chi connectivity index (χ4v) is 4.36. The Hall–Kier alpha value is -0.240. The van der Waals surface area contributed by atoms with Gasteiger partial charge in [0.2, 0.25) is 0 Å². The van der Waals surface area contributed by atoms with Gasteiger partial charge in [0, 0.05) is 25.4 Å². The molecule has 4 heterocycles. The van der Waals surface area contributed by atoms with Crippen LogP contribution in [0.2, 0.25) is 0 Å². The average Bonchev–Trinajstić information content (AvgIpc) is 3.25. The van der Waals surface area contributed by atoms with Crippen molar-refractivity contribution in [3.8, 4) is 0 Å². The van der Waals surface area contributed by atoms with Crippen molar-refractivity contribution in [3.63, 3.8) is 0 Å². The zero-order valence-corrected chi connectivity index (χ0v) is 13.7. The van der Waals surface area contributed by atoms with E-state index in [0.29, 0.717) is 44.9 Å². The average molecular weight is 313 g/mol. The van der Waals surface area contributed by atoms with E-state index in [0.717, 1.165) is 13.0 Å². The van der Waals surface area contributed by atoms with Crippen molar-refractivity contribution in [1.82, 2.24) is 5.06 Å². The van der Waals surface area contributed by atoms with Crippen LogP contribution in [0.1, 0.15) is 20.3 Å². The van der Waals surface area contributed by atoms with Gasteiger partial charge < -0.3 is 18.9 Å². The van der Waals surface area contributed by atoms with Crippen LogP contribution < -0.4 is 0 Å². The first kappa shape index (κ1) is 15.3. The SMILES string of the molecule is CC[C@@]12CO[C@@H](CO1)[C@@H]2CN(C)OC[C@@]12CO[C@@H](CO1)[C@@H]2C. The molecule has 4 rings (SSSR count). The van der Waals surface area contributed by atoms with Crippen LogP contribution in [-0.4, -0.2) is 75.1 Å². The van der Waals surface area contributed by atoms with E-state index in [1.807, 2.05) is 12.1 Å². The van der Waals surface area contributed by atoms with E-state index in [1.54, 1.807) is 0 Å². The van der Waals surface area contributed by atoms with Gasteiger partial charge >= 0.3 is 0 Å². The third-order valence-electron chi connectivity index (χ3n) is 6.25. The third kappa shape index (κ3) is 2.16. The van der Waals surface area contributed by atoms with Crippen LogP contribution in [0.3, 0.4) is 0 Å². The third-order valence-corrected chi connectivity index (χ3v) is 6.25. The summed E-state index contributed by atoms with van der Waals surface area (Å²) < 4.78 is 23.5. The number of hydrogen-bond donors (Lipinski definition) is 0. The van der Waals surface area contributed by atoms with Crippen LogP contribution in [0.5, 0.6) is 0 Å². The van der Waals surface area contributed by atoms with Crippen LogP contribution in [0.15, 0.2) is 0 Å². The molecule has 4 bridgehead atoms. The maximum Gasteiger partial charge on any atom is 0.122 e. The van der Waals surface area contributed by atoms with Gasteiger partial charge in [-0.25, -0.2) is 0 Å². The summed E-state index contributed by atoms with van der Waals surface area (Å²) in [6.07, 6.45) is 1.44. The molecule has 22 heavy (non-hydrogen) atoms. The van der Waals surface area contributed by atoms with Crippen molar-refractivity contribution >= 4 is 0 Å². The second-order valence-electron chi connectivity index (χ2n) is 7.28. The summed E-state index contributed by atoms with van der Waals surface area (Å²) in [7, 11) is 1.99. The molecule has 0 saturated carbocycles. The number of rotatable bonds is 6. The van der Waals surface area contributed by atoms with Gasteiger partial charge in [-0.3, -0.25) is 4.84 Å². The van der Waals surface area contributed by atoms with Crippen molar-refractivity contribution in [2.24, 2.45) is 11.8 Å². The van der Waals surface area contributed by atoms with Gasteiger partial charge in [0.1, 0.15) is 12.2 Å². The van der Waals surface area contributed by atoms with Crippen LogP contribution in [0.25, 0.3) is 0 Å². The Balaban J connectivity index is 1.33. The molecule has 4 saturated heterocycles. The Morgan fingerprint density at radius 1 is 1.09 bits per heavy atom. The number of fused-ring (bicyclic) bond motifs is 4. The highest BCUT2D eigenvalue weighted by atomic mass is 16.7. The van der Waals surface area contributed by atoms with Gasteiger partial charge in [-0.2, -0.15) is 5.06 Å². The predicted molar refractivity (Wildman–Crippen MR) is 78.4 cm³/mol. The summed E-state index contributed by atoms with van der Waals surface area (Å²) in [6, 6.07) is 0. The van der Waals surface area contributed by atoms with Crippen molar-refractivity contribution in [3.05, 3.63) is 0 Å². The topological polar surface area (TPSA) is 49.4 Å². The summed E-state index contributed by atoms with van der Waals surface area (Å²) in [5.41, 5.74) is -0.373. The lowest BCUT2D eigenvalue weighted by molar-refractivity contribution is -0.214. The van der Waals surface area contributed by atoms with Crippen molar-refractivity contribution < 1.29 is 23.8 Å². The van der Waals surface area contributed by atoms with Crippen LogP contribution in [0, 0.1) is 11.8 Å². The lowest BCUT2D eigenvalue weighted by Gasteiger charge is -2.33. The quantitative estimate of drug-likeness (QED) is 0.678. The van der Waals surface area contributed by atoms with Gasteiger partial charge in [0.25, 0.3) is 0 Å². The maximum atomic E-state index is 6.01. The number of hydrogen-bond acceptors (Lipinski definition) is 6. The smallest absolute Gasteiger partial charge is 0.122 e. The zero-order valence-electron chi connectivity index (χ0n) is 13.7. The summed E-state index contributed by atoms with van der Waals surface area (Å²) in [5, 5.41) is 1.93. The molecule has 0 amide bonds. The minimum Gasteiger partial charge on any atom is -0.372 e. The maximum absolute atomic E-state index is 6.01. The highest BCUT2D eigenvalue weighted by Gasteiger charge is 2.56. The molecule has 0 aromatic heterocycles. The molecule has 6 heteroatoms. The summed E-state index contributed by atoms with van der Waals surface area (Å²) >= 11 is 0. The van der Waals surface area contributed by atoms with Crippen LogP contribution >= 0.6 is 0 Å². The van der Waals surface area contributed by atoms with E-state index in [9.17, 15) is 0 Å². The molecule has 0 aromatic rings. The molecule has 4 aliphatic rings. The molecule has 0 unspecified atom stereocenters. The van der Waals surface area contributed by atoms with E-state index in [-0.39, 0.29) is 23.4 Å². The van der Waals surface area contributed by atoms with E-state index in [4.69, 9.17) is 23.8 Å². The first-order chi connectivity index (χ1) is 10.6. The monoisotopic (exact) mass is 313 g/mol. The fourth-order valence-electron chi connectivity index (χ4n) is 4.36. The van der Waals surface area contributed by atoms with Crippen molar-refractivity contribution in [1.29, 1.82) is 0 Å². The summed E-state index contributed by atoms with van der Waals surface area (Å²) in [5.74, 6) is 0.784. The molecule has 4 aliphatic heterocycles. The fraction of sp³-hybridized carbons (Fsp3) is 1.00. The predicted octanol–water partition coefficient (Wildman–Crippen LogP) is 0.848. The standard InChI is InChI=1S/C16H27NO5/c1-4-15-8-19-14(7-20-15)12(15)5-17(3)22-10-16-9-18-13(6-21-16)11(16)2/h11-14H,4-10H2,1-3H3/t11-,12-,13-,14-,15-,16+/m0/s1. The highest BCUT2D eigenvalue weighted by Crippen LogP contribution is 2.44. The van der Waals surface area contributed by atoms with Crippen molar-refractivity contribution in [2.45, 2.75) is 43.7 Å². The molecule has 0 radical (unpaired) electrons. The molecule has 0 N–H and O–H groups in total. The Kier molecular flexibility index (Phi) is 3.75. The molecule has 0 spiro atoms. The Bertz CT molecular complexity index is 415. The lowest BCUT2D eigenvalue weighted by Crippen LogP contribution is -2.45. The zero-order chi connectivity index (χ0) is 15.4. The normalized spacial score (nSPS) is 49.6. The van der Waals surface area contributed by atoms with Gasteiger partial charge in [0.15, 0.2) is 0 Å². The summed E-state index contributed by atoms with van der Waals surface area (Å²) in [4.78, 5) is 6.01. The van der Waals surface area contributed by atoms with Crippen LogP contribution in [0.4, 0.5) is 0 Å². The van der Waals surface area contributed by atoms with Gasteiger partial charge in [0.05, 0.1) is 44.2 Å². The van der Waals surface area contributed by atoms with E-state index in [2.05, 4.69) is 13.8 Å². The Labute approximate surface area is 131 Å². The lowest BCUT2D eigenvalue weighted by atomic mass is 9.87.